The molecule has 8 nitrogen and oxygen atoms in total. The standard InChI is InChI=1S/C22H30N6O2/c1-2-3-11-30-22-25-20(23)19-21(26-22)28(15-18(29)24-19)14-17-8-6-7-16(12-17)13-27-9-4-5-10-27/h6-8,12H,2-5,9-11,13-15H2,1H3,(H,24,29)(H2,23,25,26)/i11D2. The van der Waals surface area contributed by atoms with E-state index in [4.69, 9.17) is 13.2 Å². The SMILES string of the molecule is [2H]C([2H])(CCC)Oc1nc(N)c2c(n1)N(Cc1cccc(CN3CCCC3)c1)CC(=O)N2. The molecule has 8 heteroatoms. The highest BCUT2D eigenvalue weighted by Crippen LogP contribution is 2.34. The van der Waals surface area contributed by atoms with Gasteiger partial charge in [0.05, 0.1) is 15.8 Å². The third-order valence-electron chi connectivity index (χ3n) is 5.28. The number of likely N-dealkylation sites (tertiary alicyclic amines) is 1. The Morgan fingerprint density at radius 1 is 1.23 bits per heavy atom. The van der Waals surface area contributed by atoms with Crippen molar-refractivity contribution in [2.24, 2.45) is 0 Å². The minimum absolute atomic E-state index is 0.0538. The van der Waals surface area contributed by atoms with Crippen LogP contribution in [-0.4, -0.2) is 47.0 Å². The molecule has 0 spiro atoms. The average molecular weight is 413 g/mol. The van der Waals surface area contributed by atoms with Crippen LogP contribution in [-0.2, 0) is 17.9 Å². The number of nitrogens with zero attached hydrogens (tertiary/aromatic N) is 4. The fourth-order valence-corrected chi connectivity index (χ4v) is 3.86. The number of carbonyl (C=O) groups is 1. The fraction of sp³-hybridized carbons (Fsp3) is 0.500. The molecule has 2 aromatic rings. The van der Waals surface area contributed by atoms with E-state index in [2.05, 4.69) is 32.3 Å². The summed E-state index contributed by atoms with van der Waals surface area (Å²) >= 11 is 0. The number of hydrogen-bond donors (Lipinski definition) is 2. The number of nitrogen functional groups attached to an aromatic ring is 1. The molecule has 4 rings (SSSR count). The lowest BCUT2D eigenvalue weighted by atomic mass is 10.1. The predicted molar refractivity (Wildman–Crippen MR) is 117 cm³/mol. The first-order valence-electron chi connectivity index (χ1n) is 11.5. The molecule has 30 heavy (non-hydrogen) atoms. The third-order valence-corrected chi connectivity index (χ3v) is 5.28. The molecule has 0 bridgehead atoms. The fourth-order valence-electron chi connectivity index (χ4n) is 3.86. The van der Waals surface area contributed by atoms with E-state index in [1.165, 1.54) is 18.4 Å². The first kappa shape index (κ1) is 17.9. The lowest BCUT2D eigenvalue weighted by Gasteiger charge is -2.30. The first-order valence-corrected chi connectivity index (χ1v) is 10.5. The lowest BCUT2D eigenvalue weighted by molar-refractivity contribution is -0.115. The van der Waals surface area contributed by atoms with E-state index in [1.54, 1.807) is 0 Å². The highest BCUT2D eigenvalue weighted by Gasteiger charge is 2.27. The Kier molecular flexibility index (Phi) is 5.56. The Hall–Kier alpha value is -2.87. The second kappa shape index (κ2) is 9.30. The summed E-state index contributed by atoms with van der Waals surface area (Å²) in [4.78, 5) is 25.1. The van der Waals surface area contributed by atoms with Gasteiger partial charge in [0.1, 0.15) is 5.69 Å². The number of hydrogen-bond acceptors (Lipinski definition) is 7. The zero-order valence-corrected chi connectivity index (χ0v) is 17.4. The Morgan fingerprint density at radius 2 is 2.00 bits per heavy atom. The molecule has 0 unspecified atom stereocenters. The minimum atomic E-state index is -1.90. The number of aromatic nitrogens is 2. The van der Waals surface area contributed by atoms with Crippen molar-refractivity contribution in [3.05, 3.63) is 35.4 Å². The van der Waals surface area contributed by atoms with Crippen molar-refractivity contribution in [1.29, 1.82) is 0 Å². The van der Waals surface area contributed by atoms with E-state index in [-0.39, 0.29) is 30.7 Å². The number of fused-ring (bicyclic) bond motifs is 1. The molecule has 0 aliphatic carbocycles. The molecular weight excluding hydrogens is 380 g/mol. The van der Waals surface area contributed by atoms with Gasteiger partial charge in [-0.2, -0.15) is 9.97 Å². The molecule has 160 valence electrons. The summed E-state index contributed by atoms with van der Waals surface area (Å²) in [5, 5.41) is 2.73. The highest BCUT2D eigenvalue weighted by molar-refractivity contribution is 6.03. The van der Waals surface area contributed by atoms with Gasteiger partial charge in [-0.05, 0) is 43.5 Å². The Bertz CT molecular complexity index is 981. The monoisotopic (exact) mass is 412 g/mol. The molecule has 2 aliphatic heterocycles. The van der Waals surface area contributed by atoms with E-state index < -0.39 is 6.56 Å². The topological polar surface area (TPSA) is 96.6 Å². The van der Waals surface area contributed by atoms with Gasteiger partial charge in [-0.25, -0.2) is 0 Å². The average Bonchev–Trinajstić information content (AvgIpc) is 3.22. The van der Waals surface area contributed by atoms with Crippen molar-refractivity contribution in [2.75, 3.05) is 42.1 Å². The van der Waals surface area contributed by atoms with Crippen LogP contribution in [0.15, 0.2) is 24.3 Å². The zero-order valence-electron chi connectivity index (χ0n) is 19.4. The van der Waals surface area contributed by atoms with Crippen molar-refractivity contribution >= 4 is 23.2 Å². The van der Waals surface area contributed by atoms with E-state index >= 15 is 0 Å². The van der Waals surface area contributed by atoms with Crippen molar-refractivity contribution in [3.63, 3.8) is 0 Å². The number of benzene rings is 1. The van der Waals surface area contributed by atoms with E-state index in [0.717, 1.165) is 25.2 Å². The van der Waals surface area contributed by atoms with Gasteiger partial charge in [-0.15, -0.1) is 0 Å². The largest absolute Gasteiger partial charge is 0.463 e. The number of ether oxygens (including phenoxy) is 1. The molecule has 1 saturated heterocycles. The summed E-state index contributed by atoms with van der Waals surface area (Å²) in [5.41, 5.74) is 8.70. The minimum Gasteiger partial charge on any atom is -0.463 e. The van der Waals surface area contributed by atoms with Gasteiger partial charge in [0, 0.05) is 13.1 Å². The quantitative estimate of drug-likeness (QED) is 0.688. The van der Waals surface area contributed by atoms with Crippen LogP contribution in [0, 0.1) is 0 Å². The summed E-state index contributed by atoms with van der Waals surface area (Å²) in [6.45, 7) is 3.74. The molecule has 0 saturated carbocycles. The molecule has 1 fully saturated rings. The summed E-state index contributed by atoms with van der Waals surface area (Å²) in [5.74, 6) is 0.290. The summed E-state index contributed by atoms with van der Waals surface area (Å²) in [6.07, 6.45) is 3.32. The molecule has 1 aromatic carbocycles. The van der Waals surface area contributed by atoms with Crippen LogP contribution in [0.25, 0.3) is 0 Å². The Labute approximate surface area is 180 Å². The van der Waals surface area contributed by atoms with E-state index in [9.17, 15) is 4.79 Å². The van der Waals surface area contributed by atoms with Crippen LogP contribution in [0.3, 0.4) is 0 Å². The van der Waals surface area contributed by atoms with E-state index in [0.29, 0.717) is 24.5 Å². The second-order valence-corrected chi connectivity index (χ2v) is 7.79. The van der Waals surface area contributed by atoms with Gasteiger partial charge in [0.2, 0.25) is 5.91 Å². The number of anilines is 3. The second-order valence-electron chi connectivity index (χ2n) is 7.79. The lowest BCUT2D eigenvalue weighted by Crippen LogP contribution is -2.39. The summed E-state index contributed by atoms with van der Waals surface area (Å²) in [6, 6.07) is 8.21. The van der Waals surface area contributed by atoms with Crippen LogP contribution in [0.2, 0.25) is 0 Å². The van der Waals surface area contributed by atoms with Gasteiger partial charge in [0.25, 0.3) is 0 Å². The molecule has 1 amide bonds. The van der Waals surface area contributed by atoms with Crippen molar-refractivity contribution in [2.45, 2.75) is 45.7 Å². The number of nitrogens with one attached hydrogen (secondary N) is 1. The molecule has 3 heterocycles. The summed E-state index contributed by atoms with van der Waals surface area (Å²) in [7, 11) is 0. The number of rotatable bonds is 8. The zero-order chi connectivity index (χ0) is 22.7. The van der Waals surface area contributed by atoms with E-state index in [1.807, 2.05) is 24.0 Å². The molecule has 1 aromatic heterocycles. The number of carbonyl (C=O) groups excluding carboxylic acids is 1. The summed E-state index contributed by atoms with van der Waals surface area (Å²) < 4.78 is 21.4. The number of nitrogens with two attached hydrogens (primary N) is 1. The molecular formula is C22H30N6O2. The smallest absolute Gasteiger partial charge is 0.320 e. The van der Waals surface area contributed by atoms with Crippen molar-refractivity contribution in [3.8, 4) is 6.01 Å². The van der Waals surface area contributed by atoms with Crippen LogP contribution < -0.4 is 20.7 Å². The predicted octanol–water partition coefficient (Wildman–Crippen LogP) is 2.79. The van der Waals surface area contributed by atoms with Gasteiger partial charge in [0.15, 0.2) is 11.6 Å². The molecule has 2 aliphatic rings. The van der Waals surface area contributed by atoms with Gasteiger partial charge < -0.3 is 20.7 Å². The van der Waals surface area contributed by atoms with Gasteiger partial charge in [-0.1, -0.05) is 37.6 Å². The normalized spacial score (nSPS) is 17.9. The molecule has 0 radical (unpaired) electrons. The Balaban J connectivity index is 1.57. The van der Waals surface area contributed by atoms with Crippen molar-refractivity contribution < 1.29 is 12.3 Å². The Morgan fingerprint density at radius 3 is 2.77 bits per heavy atom. The van der Waals surface area contributed by atoms with Gasteiger partial charge >= 0.3 is 6.01 Å². The maximum Gasteiger partial charge on any atom is 0.320 e. The van der Waals surface area contributed by atoms with Gasteiger partial charge in [-0.3, -0.25) is 9.69 Å². The van der Waals surface area contributed by atoms with Crippen LogP contribution in [0.1, 0.15) is 46.5 Å². The molecule has 0 atom stereocenters. The maximum atomic E-state index is 12.3. The third kappa shape index (κ3) is 4.81. The van der Waals surface area contributed by atoms with Crippen LogP contribution >= 0.6 is 0 Å². The highest BCUT2D eigenvalue weighted by atomic mass is 16.5. The number of amides is 1. The first-order chi connectivity index (χ1) is 15.3. The van der Waals surface area contributed by atoms with Crippen LogP contribution in [0.4, 0.5) is 17.3 Å². The van der Waals surface area contributed by atoms with Crippen molar-refractivity contribution in [1.82, 2.24) is 14.9 Å². The maximum absolute atomic E-state index is 12.3. The molecule has 3 N–H and O–H groups in total. The van der Waals surface area contributed by atoms with Crippen LogP contribution in [0.5, 0.6) is 6.01 Å².